The minimum absolute atomic E-state index is 0.0267. The molecule has 1 amide bonds. The van der Waals surface area contributed by atoms with Crippen molar-refractivity contribution in [3.05, 3.63) is 0 Å². The number of sulfonamides is 1. The van der Waals surface area contributed by atoms with E-state index >= 15 is 0 Å². The van der Waals surface area contributed by atoms with Crippen molar-refractivity contribution in [2.75, 3.05) is 17.3 Å². The zero-order chi connectivity index (χ0) is 16.0. The van der Waals surface area contributed by atoms with Crippen LogP contribution in [0.15, 0.2) is 4.34 Å². The number of amides is 1. The van der Waals surface area contributed by atoms with Crippen LogP contribution in [0.4, 0.5) is 5.13 Å². The van der Waals surface area contributed by atoms with E-state index in [2.05, 4.69) is 20.2 Å². The Morgan fingerprint density at radius 1 is 1.43 bits per heavy atom. The minimum atomic E-state index is -4.10. The van der Waals surface area contributed by atoms with Crippen LogP contribution in [0.3, 0.4) is 0 Å². The largest absolute Gasteiger partial charge is 0.480 e. The van der Waals surface area contributed by atoms with Crippen molar-refractivity contribution in [2.45, 2.75) is 23.7 Å². The molecule has 0 aliphatic heterocycles. The summed E-state index contributed by atoms with van der Waals surface area (Å²) in [7, 11) is -4.10. The quantitative estimate of drug-likeness (QED) is 0.554. The zero-order valence-corrected chi connectivity index (χ0v) is 13.6. The number of carboxylic acid groups (broad SMARTS) is 1. The Kier molecular flexibility index (Phi) is 6.51. The number of carbonyl (C=O) groups is 2. The SMILES string of the molecule is CSCC[C@@H](NS(=O)(=O)c1nnc(NC(C)=O)s1)C(=O)O. The van der Waals surface area contributed by atoms with Crippen LogP contribution < -0.4 is 10.0 Å². The van der Waals surface area contributed by atoms with Crippen LogP contribution in [0, 0.1) is 0 Å². The maximum Gasteiger partial charge on any atom is 0.321 e. The summed E-state index contributed by atoms with van der Waals surface area (Å²) in [6.07, 6.45) is 1.94. The molecule has 9 nitrogen and oxygen atoms in total. The van der Waals surface area contributed by atoms with Crippen LogP contribution in [0.5, 0.6) is 0 Å². The Bertz CT molecular complexity index is 615. The molecule has 0 saturated heterocycles. The van der Waals surface area contributed by atoms with Crippen molar-refractivity contribution in [1.29, 1.82) is 0 Å². The van der Waals surface area contributed by atoms with Crippen LogP contribution in [-0.2, 0) is 19.6 Å². The third-order valence-electron chi connectivity index (χ3n) is 2.13. The molecular formula is C9H14N4O5S3. The highest BCUT2D eigenvalue weighted by atomic mass is 32.2. The van der Waals surface area contributed by atoms with Crippen LogP contribution in [0.1, 0.15) is 13.3 Å². The minimum Gasteiger partial charge on any atom is -0.480 e. The third kappa shape index (κ3) is 5.57. The first kappa shape index (κ1) is 17.8. The number of thioether (sulfide) groups is 1. The number of aliphatic carboxylic acids is 1. The average molecular weight is 354 g/mol. The Balaban J connectivity index is 2.86. The van der Waals surface area contributed by atoms with Gasteiger partial charge in [0.25, 0.3) is 10.0 Å². The summed E-state index contributed by atoms with van der Waals surface area (Å²) in [5.74, 6) is -1.18. The van der Waals surface area contributed by atoms with E-state index in [4.69, 9.17) is 5.11 Å². The van der Waals surface area contributed by atoms with E-state index in [1.54, 1.807) is 6.26 Å². The molecule has 1 aromatic heterocycles. The number of aromatic nitrogens is 2. The van der Waals surface area contributed by atoms with E-state index in [0.717, 1.165) is 0 Å². The summed E-state index contributed by atoms with van der Waals surface area (Å²) in [5.41, 5.74) is 0. The summed E-state index contributed by atoms with van der Waals surface area (Å²) >= 11 is 2.05. The van der Waals surface area contributed by atoms with E-state index in [1.807, 2.05) is 0 Å². The maximum absolute atomic E-state index is 12.0. The second-order valence-corrected chi connectivity index (χ2v) is 7.70. The number of anilines is 1. The van der Waals surface area contributed by atoms with Crippen LogP contribution in [-0.4, -0.2) is 53.6 Å². The van der Waals surface area contributed by atoms with Gasteiger partial charge in [0, 0.05) is 6.92 Å². The lowest BCUT2D eigenvalue weighted by atomic mass is 10.2. The van der Waals surface area contributed by atoms with E-state index in [-0.39, 0.29) is 11.6 Å². The summed E-state index contributed by atoms with van der Waals surface area (Å²) in [6.45, 7) is 1.25. The Hall–Kier alpha value is -1.24. The molecule has 118 valence electrons. The molecule has 21 heavy (non-hydrogen) atoms. The number of rotatable bonds is 8. The maximum atomic E-state index is 12.0. The highest BCUT2D eigenvalue weighted by molar-refractivity contribution is 7.98. The van der Waals surface area contributed by atoms with Crippen molar-refractivity contribution < 1.29 is 23.1 Å². The molecule has 12 heteroatoms. The molecule has 0 spiro atoms. The first-order chi connectivity index (χ1) is 9.76. The average Bonchev–Trinajstić information content (AvgIpc) is 2.82. The van der Waals surface area contributed by atoms with Gasteiger partial charge in [0.1, 0.15) is 6.04 Å². The molecule has 0 aromatic carbocycles. The fourth-order valence-corrected chi connectivity index (χ4v) is 3.88. The summed E-state index contributed by atoms with van der Waals surface area (Å²) in [4.78, 5) is 21.9. The number of nitrogens with zero attached hydrogens (tertiary/aromatic N) is 2. The molecule has 1 rings (SSSR count). The predicted octanol–water partition coefficient (Wildman–Crippen LogP) is -0.0189. The van der Waals surface area contributed by atoms with Gasteiger partial charge >= 0.3 is 5.97 Å². The number of nitrogens with one attached hydrogen (secondary N) is 2. The van der Waals surface area contributed by atoms with Crippen molar-refractivity contribution in [3.8, 4) is 0 Å². The zero-order valence-electron chi connectivity index (χ0n) is 11.2. The van der Waals surface area contributed by atoms with Crippen molar-refractivity contribution in [2.24, 2.45) is 0 Å². The monoisotopic (exact) mass is 354 g/mol. The van der Waals surface area contributed by atoms with Gasteiger partial charge < -0.3 is 10.4 Å². The first-order valence-corrected chi connectivity index (χ1v) is 9.30. The molecule has 0 unspecified atom stereocenters. The van der Waals surface area contributed by atoms with E-state index in [9.17, 15) is 18.0 Å². The molecule has 0 bridgehead atoms. The van der Waals surface area contributed by atoms with Crippen molar-refractivity contribution >= 4 is 50.1 Å². The predicted molar refractivity (Wildman–Crippen MR) is 79.0 cm³/mol. The van der Waals surface area contributed by atoms with Gasteiger partial charge in [0.15, 0.2) is 0 Å². The number of hydrogen-bond donors (Lipinski definition) is 3. The van der Waals surface area contributed by atoms with Crippen molar-refractivity contribution in [1.82, 2.24) is 14.9 Å². The third-order valence-corrected chi connectivity index (χ3v) is 5.45. The van der Waals surface area contributed by atoms with Crippen LogP contribution in [0.25, 0.3) is 0 Å². The molecular weight excluding hydrogens is 340 g/mol. The smallest absolute Gasteiger partial charge is 0.321 e. The van der Waals surface area contributed by atoms with E-state index < -0.39 is 32.3 Å². The lowest BCUT2D eigenvalue weighted by Crippen LogP contribution is -2.41. The fourth-order valence-electron chi connectivity index (χ4n) is 1.23. The summed E-state index contributed by atoms with van der Waals surface area (Å²) < 4.78 is 25.7. The van der Waals surface area contributed by atoms with Gasteiger partial charge in [-0.25, -0.2) is 8.42 Å². The second kappa shape index (κ2) is 7.68. The Morgan fingerprint density at radius 3 is 2.62 bits per heavy atom. The topological polar surface area (TPSA) is 138 Å². The standard InChI is InChI=1S/C9H14N4O5S3/c1-5(14)10-8-11-12-9(20-8)21(17,18)13-6(7(15)16)3-4-19-2/h6,13H,3-4H2,1-2H3,(H,15,16)(H,10,11,14)/t6-/m1/s1. The van der Waals surface area contributed by atoms with E-state index in [1.165, 1.54) is 18.7 Å². The summed E-state index contributed by atoms with van der Waals surface area (Å²) in [6, 6.07) is -1.24. The molecule has 0 aliphatic rings. The normalized spacial score (nSPS) is 12.9. The van der Waals surface area contributed by atoms with Gasteiger partial charge in [-0.05, 0) is 18.4 Å². The van der Waals surface area contributed by atoms with E-state index in [0.29, 0.717) is 17.1 Å². The molecule has 0 radical (unpaired) electrons. The molecule has 0 aliphatic carbocycles. The van der Waals surface area contributed by atoms with Crippen LogP contribution >= 0.6 is 23.1 Å². The lowest BCUT2D eigenvalue weighted by molar-refractivity contribution is -0.139. The Labute approximate surface area is 129 Å². The van der Waals surface area contributed by atoms with Gasteiger partial charge in [0.2, 0.25) is 15.4 Å². The molecule has 0 fully saturated rings. The Morgan fingerprint density at radius 2 is 2.10 bits per heavy atom. The van der Waals surface area contributed by atoms with Gasteiger partial charge in [-0.3, -0.25) is 9.59 Å². The second-order valence-electron chi connectivity index (χ2n) is 3.85. The molecule has 1 atom stereocenters. The van der Waals surface area contributed by atoms with Gasteiger partial charge in [0.05, 0.1) is 0 Å². The molecule has 1 heterocycles. The van der Waals surface area contributed by atoms with Crippen molar-refractivity contribution in [3.63, 3.8) is 0 Å². The number of carboxylic acids is 1. The van der Waals surface area contributed by atoms with Crippen LogP contribution in [0.2, 0.25) is 0 Å². The van der Waals surface area contributed by atoms with Gasteiger partial charge in [-0.1, -0.05) is 11.3 Å². The number of carbonyl (C=O) groups excluding carboxylic acids is 1. The lowest BCUT2D eigenvalue weighted by Gasteiger charge is -2.12. The first-order valence-electron chi connectivity index (χ1n) is 5.61. The molecule has 1 aromatic rings. The summed E-state index contributed by atoms with van der Waals surface area (Å²) in [5, 5.41) is 18.3. The molecule has 0 saturated carbocycles. The highest BCUT2D eigenvalue weighted by Gasteiger charge is 2.28. The highest BCUT2D eigenvalue weighted by Crippen LogP contribution is 2.20. The molecule has 3 N–H and O–H groups in total. The van der Waals surface area contributed by atoms with Gasteiger partial charge in [-0.2, -0.15) is 16.5 Å². The van der Waals surface area contributed by atoms with Gasteiger partial charge in [-0.15, -0.1) is 10.2 Å². The fraction of sp³-hybridized carbons (Fsp3) is 0.556. The number of hydrogen-bond acceptors (Lipinski definition) is 8.